The lowest BCUT2D eigenvalue weighted by molar-refractivity contribution is -0.122. The number of carbonyl (C=O) groups excluding carboxylic acids is 1. The Hall–Kier alpha value is -1.13. The molecule has 2 atom stereocenters. The molecule has 0 saturated heterocycles. The van der Waals surface area contributed by atoms with E-state index in [-0.39, 0.29) is 17.7 Å². The van der Waals surface area contributed by atoms with E-state index in [1.165, 1.54) is 6.42 Å². The van der Waals surface area contributed by atoms with E-state index in [2.05, 4.69) is 10.3 Å². The van der Waals surface area contributed by atoms with Crippen molar-refractivity contribution >= 4 is 23.2 Å². The number of amides is 1. The van der Waals surface area contributed by atoms with Crippen molar-refractivity contribution in [1.29, 1.82) is 0 Å². The van der Waals surface area contributed by atoms with Crippen LogP contribution in [0.1, 0.15) is 31.2 Å². The number of nitrogens with two attached hydrogens (primary N) is 1. The largest absolute Gasteiger partial charge is 0.330 e. The van der Waals surface area contributed by atoms with Gasteiger partial charge in [0.25, 0.3) is 0 Å². The quantitative estimate of drug-likeness (QED) is 0.837. The highest BCUT2D eigenvalue weighted by molar-refractivity contribution is 6.32. The van der Waals surface area contributed by atoms with E-state index in [0.717, 1.165) is 24.8 Å². The number of anilines is 1. The van der Waals surface area contributed by atoms with Crippen LogP contribution >= 0.6 is 11.6 Å². The zero-order chi connectivity index (χ0) is 13.8. The lowest BCUT2D eigenvalue weighted by atomic mass is 9.78. The fraction of sp³-hybridized carbons (Fsp3) is 0.571. The molecule has 5 heteroatoms. The first-order valence-electron chi connectivity index (χ1n) is 6.75. The lowest BCUT2D eigenvalue weighted by Crippen LogP contribution is -2.35. The molecule has 0 aliphatic heterocycles. The Kier molecular flexibility index (Phi) is 4.77. The molecule has 2 unspecified atom stereocenters. The zero-order valence-corrected chi connectivity index (χ0v) is 11.9. The SMILES string of the molecule is Cc1cnc(Cl)c(NC(=O)C2CCCCC2CN)c1. The Bertz CT molecular complexity index is 464. The summed E-state index contributed by atoms with van der Waals surface area (Å²) in [5.74, 6) is 0.296. The Labute approximate surface area is 118 Å². The van der Waals surface area contributed by atoms with Gasteiger partial charge < -0.3 is 11.1 Å². The zero-order valence-electron chi connectivity index (χ0n) is 11.2. The fourth-order valence-corrected chi connectivity index (χ4v) is 2.85. The van der Waals surface area contributed by atoms with E-state index in [1.807, 2.05) is 13.0 Å². The third-order valence-electron chi connectivity index (χ3n) is 3.78. The molecule has 0 spiro atoms. The standard InChI is InChI=1S/C14H20ClN3O/c1-9-6-12(13(15)17-8-9)18-14(19)11-5-3-2-4-10(11)7-16/h6,8,10-11H,2-5,7,16H2,1H3,(H,18,19). The van der Waals surface area contributed by atoms with Gasteiger partial charge in [-0.2, -0.15) is 0 Å². The van der Waals surface area contributed by atoms with Crippen LogP contribution in [-0.2, 0) is 4.79 Å². The summed E-state index contributed by atoms with van der Waals surface area (Å²) in [7, 11) is 0. The van der Waals surface area contributed by atoms with Gasteiger partial charge in [-0.3, -0.25) is 4.79 Å². The van der Waals surface area contributed by atoms with Gasteiger partial charge in [-0.05, 0) is 43.9 Å². The highest BCUT2D eigenvalue weighted by Gasteiger charge is 2.30. The van der Waals surface area contributed by atoms with E-state index < -0.39 is 0 Å². The predicted molar refractivity (Wildman–Crippen MR) is 77.1 cm³/mol. The molecule has 1 amide bonds. The third kappa shape index (κ3) is 3.45. The van der Waals surface area contributed by atoms with Gasteiger partial charge in [-0.15, -0.1) is 0 Å². The Morgan fingerprint density at radius 3 is 3.00 bits per heavy atom. The molecule has 4 nitrogen and oxygen atoms in total. The molecule has 1 aromatic heterocycles. The maximum absolute atomic E-state index is 12.3. The average molecular weight is 282 g/mol. The number of aryl methyl sites for hydroxylation is 1. The highest BCUT2D eigenvalue weighted by atomic mass is 35.5. The van der Waals surface area contributed by atoms with Gasteiger partial charge in [0.1, 0.15) is 0 Å². The second-order valence-electron chi connectivity index (χ2n) is 5.23. The molecule has 104 valence electrons. The number of nitrogens with zero attached hydrogens (tertiary/aromatic N) is 1. The summed E-state index contributed by atoms with van der Waals surface area (Å²) in [6.07, 6.45) is 5.88. The number of carbonyl (C=O) groups is 1. The molecule has 19 heavy (non-hydrogen) atoms. The minimum Gasteiger partial charge on any atom is -0.330 e. The molecule has 3 N–H and O–H groups in total. The highest BCUT2D eigenvalue weighted by Crippen LogP contribution is 2.31. The van der Waals surface area contributed by atoms with Gasteiger partial charge in [0, 0.05) is 12.1 Å². The molecule has 1 fully saturated rings. The second kappa shape index (κ2) is 6.35. The van der Waals surface area contributed by atoms with Gasteiger partial charge in [0.05, 0.1) is 5.69 Å². The van der Waals surface area contributed by atoms with Crippen molar-refractivity contribution in [2.45, 2.75) is 32.6 Å². The molecule has 0 bridgehead atoms. The van der Waals surface area contributed by atoms with Crippen LogP contribution in [0.25, 0.3) is 0 Å². The topological polar surface area (TPSA) is 68.0 Å². The summed E-state index contributed by atoms with van der Waals surface area (Å²) in [5, 5.41) is 3.23. The lowest BCUT2D eigenvalue weighted by Gasteiger charge is -2.29. The molecule has 1 aliphatic carbocycles. The van der Waals surface area contributed by atoms with E-state index in [9.17, 15) is 4.79 Å². The Morgan fingerprint density at radius 2 is 2.26 bits per heavy atom. The number of halogens is 1. The maximum atomic E-state index is 12.3. The van der Waals surface area contributed by atoms with Crippen LogP contribution in [0, 0.1) is 18.8 Å². The van der Waals surface area contributed by atoms with E-state index in [1.54, 1.807) is 6.20 Å². The van der Waals surface area contributed by atoms with Crippen LogP contribution < -0.4 is 11.1 Å². The molecule has 0 radical (unpaired) electrons. The van der Waals surface area contributed by atoms with Crippen molar-refractivity contribution in [3.8, 4) is 0 Å². The van der Waals surface area contributed by atoms with Crippen molar-refractivity contribution in [2.75, 3.05) is 11.9 Å². The van der Waals surface area contributed by atoms with Crippen LogP contribution in [0.4, 0.5) is 5.69 Å². The van der Waals surface area contributed by atoms with Crippen LogP contribution in [0.5, 0.6) is 0 Å². The number of pyridine rings is 1. The van der Waals surface area contributed by atoms with E-state index >= 15 is 0 Å². The predicted octanol–water partition coefficient (Wildman–Crippen LogP) is 2.75. The Morgan fingerprint density at radius 1 is 1.53 bits per heavy atom. The van der Waals surface area contributed by atoms with Crippen molar-refractivity contribution < 1.29 is 4.79 Å². The molecular weight excluding hydrogens is 262 g/mol. The minimum atomic E-state index is -0.00433. The van der Waals surface area contributed by atoms with Gasteiger partial charge in [0.15, 0.2) is 5.15 Å². The van der Waals surface area contributed by atoms with Gasteiger partial charge in [-0.25, -0.2) is 4.98 Å². The monoisotopic (exact) mass is 281 g/mol. The first kappa shape index (κ1) is 14.3. The molecule has 2 rings (SSSR count). The molecule has 0 aromatic carbocycles. The van der Waals surface area contributed by atoms with Gasteiger partial charge in [0.2, 0.25) is 5.91 Å². The number of rotatable bonds is 3. The van der Waals surface area contributed by atoms with Crippen LogP contribution in [0.15, 0.2) is 12.3 Å². The maximum Gasteiger partial charge on any atom is 0.227 e. The van der Waals surface area contributed by atoms with Crippen molar-refractivity contribution in [3.63, 3.8) is 0 Å². The van der Waals surface area contributed by atoms with Gasteiger partial charge in [-0.1, -0.05) is 24.4 Å². The molecule has 1 aromatic rings. The molecule has 1 aliphatic rings. The third-order valence-corrected chi connectivity index (χ3v) is 4.08. The molecule has 1 heterocycles. The van der Waals surface area contributed by atoms with Crippen LogP contribution in [0.2, 0.25) is 5.15 Å². The first-order valence-corrected chi connectivity index (χ1v) is 7.12. The summed E-state index contributed by atoms with van der Waals surface area (Å²) in [4.78, 5) is 16.4. The summed E-state index contributed by atoms with van der Waals surface area (Å²) >= 11 is 6.00. The smallest absolute Gasteiger partial charge is 0.227 e. The summed E-state index contributed by atoms with van der Waals surface area (Å²) in [5.41, 5.74) is 7.32. The minimum absolute atomic E-state index is 0.00433. The van der Waals surface area contributed by atoms with Crippen molar-refractivity contribution in [2.24, 2.45) is 17.6 Å². The van der Waals surface area contributed by atoms with Crippen molar-refractivity contribution in [1.82, 2.24) is 4.98 Å². The second-order valence-corrected chi connectivity index (χ2v) is 5.59. The Balaban J connectivity index is 2.09. The van der Waals surface area contributed by atoms with Gasteiger partial charge >= 0.3 is 0 Å². The molecule has 1 saturated carbocycles. The number of aromatic nitrogens is 1. The summed E-state index contributed by atoms with van der Waals surface area (Å²) < 4.78 is 0. The van der Waals surface area contributed by atoms with Crippen molar-refractivity contribution in [3.05, 3.63) is 23.0 Å². The van der Waals surface area contributed by atoms with Crippen LogP contribution in [-0.4, -0.2) is 17.4 Å². The summed E-state index contributed by atoms with van der Waals surface area (Å²) in [6, 6.07) is 1.84. The van der Waals surface area contributed by atoms with E-state index in [0.29, 0.717) is 17.4 Å². The normalized spacial score (nSPS) is 23.1. The number of nitrogens with one attached hydrogen (secondary N) is 1. The number of hydrogen-bond donors (Lipinski definition) is 2. The first-order chi connectivity index (χ1) is 9.11. The summed E-state index contributed by atoms with van der Waals surface area (Å²) in [6.45, 7) is 2.49. The van der Waals surface area contributed by atoms with E-state index in [4.69, 9.17) is 17.3 Å². The number of hydrogen-bond acceptors (Lipinski definition) is 3. The molecular formula is C14H20ClN3O. The average Bonchev–Trinajstić information content (AvgIpc) is 2.42. The van der Waals surface area contributed by atoms with Crippen LogP contribution in [0.3, 0.4) is 0 Å². The fourth-order valence-electron chi connectivity index (χ4n) is 2.70.